The highest BCUT2D eigenvalue weighted by Gasteiger charge is 2.35. The van der Waals surface area contributed by atoms with Gasteiger partial charge >= 0.3 is 0 Å². The van der Waals surface area contributed by atoms with Gasteiger partial charge in [0.05, 0.1) is 24.9 Å². The van der Waals surface area contributed by atoms with E-state index in [1.165, 1.54) is 12.8 Å². The van der Waals surface area contributed by atoms with Gasteiger partial charge in [-0.2, -0.15) is 0 Å². The molecule has 0 radical (unpaired) electrons. The summed E-state index contributed by atoms with van der Waals surface area (Å²) in [4.78, 5) is 19.3. The molecular formula is C18H27N3O3. The summed E-state index contributed by atoms with van der Waals surface area (Å²) in [6.45, 7) is 3.35. The average molecular weight is 333 g/mol. The smallest absolute Gasteiger partial charge is 0.256 e. The number of methoxy groups -OCH3 is 1. The van der Waals surface area contributed by atoms with Crippen LogP contribution in [-0.4, -0.2) is 46.7 Å². The van der Waals surface area contributed by atoms with Crippen molar-refractivity contribution in [1.82, 2.24) is 15.2 Å². The molecule has 1 aromatic rings. The van der Waals surface area contributed by atoms with Gasteiger partial charge in [0.25, 0.3) is 5.91 Å². The third-order valence-corrected chi connectivity index (χ3v) is 5.11. The number of aliphatic hydroxyl groups excluding tert-OH is 1. The summed E-state index contributed by atoms with van der Waals surface area (Å²) in [5.74, 6) is 0.690. The molecule has 0 saturated heterocycles. The zero-order chi connectivity index (χ0) is 17.1. The van der Waals surface area contributed by atoms with E-state index in [9.17, 15) is 4.79 Å². The summed E-state index contributed by atoms with van der Waals surface area (Å²) >= 11 is 0. The van der Waals surface area contributed by atoms with Crippen molar-refractivity contribution in [3.63, 3.8) is 0 Å². The summed E-state index contributed by atoms with van der Waals surface area (Å²) in [6, 6.07) is 2.49. The molecule has 1 amide bonds. The van der Waals surface area contributed by atoms with Gasteiger partial charge in [0, 0.05) is 30.8 Å². The van der Waals surface area contributed by atoms with Crippen LogP contribution in [0.15, 0.2) is 6.07 Å². The third-order valence-electron chi connectivity index (χ3n) is 5.11. The third kappa shape index (κ3) is 3.39. The Morgan fingerprint density at radius 1 is 1.46 bits per heavy atom. The minimum Gasteiger partial charge on any atom is -0.481 e. The van der Waals surface area contributed by atoms with Crippen molar-refractivity contribution in [3.05, 3.63) is 22.9 Å². The van der Waals surface area contributed by atoms with Gasteiger partial charge in [-0.25, -0.2) is 4.98 Å². The lowest BCUT2D eigenvalue weighted by Gasteiger charge is -2.22. The predicted molar refractivity (Wildman–Crippen MR) is 90.9 cm³/mol. The SMILES string of the molecule is COc1nc2c(cc1CNC(C)CCO)C(=O)N(C1CCCC1)C2. The van der Waals surface area contributed by atoms with E-state index in [1.807, 2.05) is 17.9 Å². The van der Waals surface area contributed by atoms with Crippen molar-refractivity contribution >= 4 is 5.91 Å². The highest BCUT2D eigenvalue weighted by Crippen LogP contribution is 2.33. The van der Waals surface area contributed by atoms with E-state index < -0.39 is 0 Å². The molecule has 1 fully saturated rings. The normalized spacial score (nSPS) is 19.0. The molecule has 0 spiro atoms. The standard InChI is InChI=1S/C18H27N3O3/c1-12(7-8-22)19-10-13-9-15-16(20-17(13)24-2)11-21(18(15)23)14-5-3-4-6-14/h9,12,14,19,22H,3-8,10-11H2,1-2H3. The average Bonchev–Trinajstić information content (AvgIpc) is 3.20. The van der Waals surface area contributed by atoms with Gasteiger partial charge in [-0.3, -0.25) is 4.79 Å². The Balaban J connectivity index is 1.77. The van der Waals surface area contributed by atoms with Crippen LogP contribution in [0.25, 0.3) is 0 Å². The Kier molecular flexibility index (Phi) is 5.36. The fourth-order valence-electron chi connectivity index (χ4n) is 3.66. The monoisotopic (exact) mass is 333 g/mol. The summed E-state index contributed by atoms with van der Waals surface area (Å²) < 4.78 is 5.43. The van der Waals surface area contributed by atoms with Crippen LogP contribution in [0.1, 0.15) is 60.6 Å². The number of nitrogens with one attached hydrogen (secondary N) is 1. The number of rotatable bonds is 7. The molecule has 1 atom stereocenters. The molecule has 1 unspecified atom stereocenters. The summed E-state index contributed by atoms with van der Waals surface area (Å²) in [5.41, 5.74) is 2.44. The molecule has 0 bridgehead atoms. The lowest BCUT2D eigenvalue weighted by Crippen LogP contribution is -2.33. The number of aliphatic hydroxyl groups is 1. The molecule has 6 nitrogen and oxygen atoms in total. The molecule has 6 heteroatoms. The quantitative estimate of drug-likeness (QED) is 0.796. The van der Waals surface area contributed by atoms with Crippen LogP contribution in [0, 0.1) is 0 Å². The van der Waals surface area contributed by atoms with Gasteiger partial charge in [-0.15, -0.1) is 0 Å². The highest BCUT2D eigenvalue weighted by atomic mass is 16.5. The first-order chi connectivity index (χ1) is 11.6. The van der Waals surface area contributed by atoms with E-state index in [1.54, 1.807) is 7.11 Å². The molecule has 0 aromatic carbocycles. The fourth-order valence-corrected chi connectivity index (χ4v) is 3.66. The summed E-state index contributed by atoms with van der Waals surface area (Å²) in [5, 5.41) is 12.3. The fraction of sp³-hybridized carbons (Fsp3) is 0.667. The maximum absolute atomic E-state index is 12.8. The Morgan fingerprint density at radius 3 is 2.88 bits per heavy atom. The highest BCUT2D eigenvalue weighted by molar-refractivity contribution is 5.98. The minimum absolute atomic E-state index is 0.108. The van der Waals surface area contributed by atoms with E-state index in [2.05, 4.69) is 10.3 Å². The van der Waals surface area contributed by atoms with Gasteiger partial charge in [0.1, 0.15) is 0 Å². The number of carbonyl (C=O) groups excluding carboxylic acids is 1. The van der Waals surface area contributed by atoms with Crippen LogP contribution in [0.4, 0.5) is 0 Å². The molecule has 2 N–H and O–H groups in total. The lowest BCUT2D eigenvalue weighted by molar-refractivity contribution is 0.0706. The number of hydrogen-bond acceptors (Lipinski definition) is 5. The van der Waals surface area contributed by atoms with Crippen molar-refractivity contribution < 1.29 is 14.6 Å². The van der Waals surface area contributed by atoms with Crippen LogP contribution in [0.2, 0.25) is 0 Å². The second-order valence-electron chi connectivity index (χ2n) is 6.82. The molecule has 2 heterocycles. The Hall–Kier alpha value is -1.66. The van der Waals surface area contributed by atoms with Crippen molar-refractivity contribution in [2.75, 3.05) is 13.7 Å². The summed E-state index contributed by atoms with van der Waals surface area (Å²) in [7, 11) is 1.61. The predicted octanol–water partition coefficient (Wildman–Crippen LogP) is 1.85. The maximum atomic E-state index is 12.8. The van der Waals surface area contributed by atoms with Gasteiger partial charge in [0.2, 0.25) is 5.88 Å². The molecule has 24 heavy (non-hydrogen) atoms. The van der Waals surface area contributed by atoms with Crippen molar-refractivity contribution in [2.24, 2.45) is 0 Å². The number of aromatic nitrogens is 1. The molecular weight excluding hydrogens is 306 g/mol. The number of hydrogen-bond donors (Lipinski definition) is 2. The Labute approximate surface area is 143 Å². The van der Waals surface area contributed by atoms with Gasteiger partial charge < -0.3 is 20.1 Å². The Morgan fingerprint density at radius 2 is 2.21 bits per heavy atom. The van der Waals surface area contributed by atoms with E-state index >= 15 is 0 Å². The molecule has 1 aliphatic heterocycles. The van der Waals surface area contributed by atoms with Crippen molar-refractivity contribution in [1.29, 1.82) is 0 Å². The summed E-state index contributed by atoms with van der Waals surface area (Å²) in [6.07, 6.45) is 5.31. The lowest BCUT2D eigenvalue weighted by atomic mass is 10.1. The van der Waals surface area contributed by atoms with Crippen molar-refractivity contribution in [3.8, 4) is 5.88 Å². The van der Waals surface area contributed by atoms with Crippen LogP contribution in [0.3, 0.4) is 0 Å². The largest absolute Gasteiger partial charge is 0.481 e. The molecule has 132 valence electrons. The number of amides is 1. The van der Waals surface area contributed by atoms with Crippen LogP contribution in [-0.2, 0) is 13.1 Å². The van der Waals surface area contributed by atoms with Gasteiger partial charge in [0.15, 0.2) is 0 Å². The zero-order valence-corrected chi connectivity index (χ0v) is 14.5. The molecule has 2 aliphatic rings. The number of nitrogens with zero attached hydrogens (tertiary/aromatic N) is 2. The maximum Gasteiger partial charge on any atom is 0.256 e. The Bertz CT molecular complexity index is 599. The molecule has 1 aliphatic carbocycles. The van der Waals surface area contributed by atoms with Gasteiger partial charge in [-0.05, 0) is 32.3 Å². The number of ether oxygens (including phenoxy) is 1. The van der Waals surface area contributed by atoms with Crippen LogP contribution in [0.5, 0.6) is 5.88 Å². The number of fused-ring (bicyclic) bond motifs is 1. The van der Waals surface area contributed by atoms with E-state index in [-0.39, 0.29) is 18.6 Å². The first-order valence-electron chi connectivity index (χ1n) is 8.86. The number of carbonyl (C=O) groups is 1. The van der Waals surface area contributed by atoms with Crippen molar-refractivity contribution in [2.45, 2.75) is 64.2 Å². The van der Waals surface area contributed by atoms with E-state index in [4.69, 9.17) is 9.84 Å². The molecule has 1 saturated carbocycles. The van der Waals surface area contributed by atoms with Gasteiger partial charge in [-0.1, -0.05) is 12.8 Å². The zero-order valence-electron chi connectivity index (χ0n) is 14.5. The molecule has 1 aromatic heterocycles. The number of pyridine rings is 1. The van der Waals surface area contributed by atoms with E-state index in [0.717, 1.165) is 24.1 Å². The topological polar surface area (TPSA) is 74.7 Å². The van der Waals surface area contributed by atoms with Crippen LogP contribution < -0.4 is 10.1 Å². The first kappa shape index (κ1) is 17.2. The first-order valence-corrected chi connectivity index (χ1v) is 8.86. The van der Waals surface area contributed by atoms with Crippen LogP contribution >= 0.6 is 0 Å². The minimum atomic E-state index is 0.108. The molecule has 3 rings (SSSR count). The second-order valence-corrected chi connectivity index (χ2v) is 6.82. The van der Waals surface area contributed by atoms with E-state index in [0.29, 0.717) is 37.0 Å². The second kappa shape index (κ2) is 7.49.